The highest BCUT2D eigenvalue weighted by Gasteiger charge is 2.21. The number of nitriles is 1. The van der Waals surface area contributed by atoms with E-state index in [1.807, 2.05) is 42.7 Å². The summed E-state index contributed by atoms with van der Waals surface area (Å²) in [5.74, 6) is 2.02. The summed E-state index contributed by atoms with van der Waals surface area (Å²) in [5, 5.41) is 12.5. The molecule has 0 spiro atoms. The molecule has 1 aromatic heterocycles. The molecule has 1 amide bonds. The summed E-state index contributed by atoms with van der Waals surface area (Å²) in [6.45, 7) is 3.57. The van der Waals surface area contributed by atoms with Crippen molar-refractivity contribution in [2.45, 2.75) is 13.8 Å². The van der Waals surface area contributed by atoms with E-state index in [0.29, 0.717) is 22.9 Å². The van der Waals surface area contributed by atoms with Gasteiger partial charge in [-0.2, -0.15) is 5.26 Å². The molecule has 0 saturated heterocycles. The molecule has 0 unspecified atom stereocenters. The zero-order valence-electron chi connectivity index (χ0n) is 17.4. The zero-order chi connectivity index (χ0) is 21.7. The first-order valence-electron chi connectivity index (χ1n) is 9.31. The summed E-state index contributed by atoms with van der Waals surface area (Å²) in [5.41, 5.74) is 2.90. The van der Waals surface area contributed by atoms with Gasteiger partial charge in [-0.05, 0) is 67.9 Å². The molecule has 1 N–H and O–H groups in total. The average Bonchev–Trinajstić information content (AvgIpc) is 3.01. The molecule has 0 atom stereocenters. The van der Waals surface area contributed by atoms with Gasteiger partial charge in [0.1, 0.15) is 29.1 Å². The highest BCUT2D eigenvalue weighted by Crippen LogP contribution is 2.30. The van der Waals surface area contributed by atoms with E-state index in [0.717, 1.165) is 22.7 Å². The molecule has 1 heterocycles. The number of anilines is 1. The predicted molar refractivity (Wildman–Crippen MR) is 114 cm³/mol. The minimum absolute atomic E-state index is 0.191. The van der Waals surface area contributed by atoms with Crippen molar-refractivity contribution in [1.29, 1.82) is 5.26 Å². The fraction of sp³-hybridized carbons (Fsp3) is 0.217. The molecule has 0 fully saturated rings. The van der Waals surface area contributed by atoms with E-state index in [1.165, 1.54) is 0 Å². The second kappa shape index (κ2) is 9.05. The summed E-state index contributed by atoms with van der Waals surface area (Å²) in [7, 11) is 3.18. The number of amides is 1. The average molecular weight is 405 g/mol. The fourth-order valence-corrected chi connectivity index (χ4v) is 3.10. The lowest BCUT2D eigenvalue weighted by Gasteiger charge is -2.14. The predicted octanol–water partition coefficient (Wildman–Crippen LogP) is 4.00. The van der Waals surface area contributed by atoms with Crippen molar-refractivity contribution < 1.29 is 19.0 Å². The van der Waals surface area contributed by atoms with Crippen molar-refractivity contribution in [3.8, 4) is 29.0 Å². The zero-order valence-corrected chi connectivity index (χ0v) is 17.4. The highest BCUT2D eigenvalue weighted by molar-refractivity contribution is 5.93. The Balaban J connectivity index is 1.83. The molecule has 0 saturated carbocycles. The Labute approximate surface area is 175 Å². The van der Waals surface area contributed by atoms with Crippen molar-refractivity contribution in [2.75, 3.05) is 26.1 Å². The summed E-state index contributed by atoms with van der Waals surface area (Å²) in [4.78, 5) is 12.6. The van der Waals surface area contributed by atoms with Gasteiger partial charge >= 0.3 is 0 Å². The third-order valence-electron chi connectivity index (χ3n) is 4.84. The van der Waals surface area contributed by atoms with Crippen LogP contribution in [0.5, 0.6) is 17.2 Å². The first-order valence-corrected chi connectivity index (χ1v) is 9.31. The lowest BCUT2D eigenvalue weighted by molar-refractivity contribution is -0.118. The monoisotopic (exact) mass is 405 g/mol. The quantitative estimate of drug-likeness (QED) is 0.642. The summed E-state index contributed by atoms with van der Waals surface area (Å²) >= 11 is 0. The number of rotatable bonds is 7. The Hall–Kier alpha value is -3.92. The normalized spacial score (nSPS) is 10.2. The van der Waals surface area contributed by atoms with Crippen LogP contribution in [-0.4, -0.2) is 31.3 Å². The van der Waals surface area contributed by atoms with Crippen LogP contribution in [0.2, 0.25) is 0 Å². The van der Waals surface area contributed by atoms with Crippen LogP contribution in [0.25, 0.3) is 5.69 Å². The Morgan fingerprint density at radius 2 is 1.50 bits per heavy atom. The number of carbonyl (C=O) groups excluding carboxylic acids is 1. The molecule has 2 aromatic carbocycles. The van der Waals surface area contributed by atoms with Gasteiger partial charge in [0, 0.05) is 11.4 Å². The van der Waals surface area contributed by atoms with Gasteiger partial charge in [-0.25, -0.2) is 0 Å². The van der Waals surface area contributed by atoms with Gasteiger partial charge in [0.2, 0.25) is 0 Å². The number of hydrogen-bond acceptors (Lipinski definition) is 5. The minimum atomic E-state index is -0.366. The fourth-order valence-electron chi connectivity index (χ4n) is 3.10. The number of aromatic nitrogens is 1. The van der Waals surface area contributed by atoms with Gasteiger partial charge < -0.3 is 19.5 Å². The summed E-state index contributed by atoms with van der Waals surface area (Å²) in [6, 6.07) is 16.5. The Morgan fingerprint density at radius 3 is 2.03 bits per heavy atom. The molecule has 7 nitrogen and oxygen atoms in total. The Kier molecular flexibility index (Phi) is 6.28. The van der Waals surface area contributed by atoms with Gasteiger partial charge in [0.15, 0.2) is 6.61 Å². The molecule has 0 bridgehead atoms. The van der Waals surface area contributed by atoms with E-state index in [9.17, 15) is 10.1 Å². The number of benzene rings is 2. The lowest BCUT2D eigenvalue weighted by Crippen LogP contribution is -2.22. The van der Waals surface area contributed by atoms with E-state index in [-0.39, 0.29) is 12.5 Å². The van der Waals surface area contributed by atoms with E-state index in [2.05, 4.69) is 11.4 Å². The van der Waals surface area contributed by atoms with Crippen molar-refractivity contribution in [3.05, 3.63) is 65.4 Å². The van der Waals surface area contributed by atoms with Crippen LogP contribution in [0, 0.1) is 25.2 Å². The third-order valence-corrected chi connectivity index (χ3v) is 4.84. The van der Waals surface area contributed by atoms with Crippen LogP contribution in [0.3, 0.4) is 0 Å². The van der Waals surface area contributed by atoms with Gasteiger partial charge in [-0.1, -0.05) is 0 Å². The SMILES string of the molecule is COc1ccc(OCC(=O)Nc2c(C#N)c(C)c(C)n2-c2ccc(OC)cc2)cc1. The van der Waals surface area contributed by atoms with E-state index in [4.69, 9.17) is 14.2 Å². The standard InChI is InChI=1S/C23H23N3O4/c1-15-16(2)26(17-5-7-18(28-3)8-6-17)23(21(15)13-24)25-22(27)14-30-20-11-9-19(29-4)10-12-20/h5-12H,14H2,1-4H3,(H,25,27). The summed E-state index contributed by atoms with van der Waals surface area (Å²) < 4.78 is 17.7. The maximum atomic E-state index is 12.6. The molecule has 0 aliphatic carbocycles. The largest absolute Gasteiger partial charge is 0.497 e. The first kappa shape index (κ1) is 20.8. The number of carbonyl (C=O) groups is 1. The Bertz CT molecular complexity index is 1080. The van der Waals surface area contributed by atoms with Gasteiger partial charge in [0.25, 0.3) is 5.91 Å². The van der Waals surface area contributed by atoms with Crippen molar-refractivity contribution in [3.63, 3.8) is 0 Å². The second-order valence-electron chi connectivity index (χ2n) is 6.59. The molecule has 154 valence electrons. The van der Waals surface area contributed by atoms with Crippen LogP contribution in [0.4, 0.5) is 5.82 Å². The van der Waals surface area contributed by atoms with Crippen molar-refractivity contribution in [1.82, 2.24) is 4.57 Å². The van der Waals surface area contributed by atoms with E-state index >= 15 is 0 Å². The second-order valence-corrected chi connectivity index (χ2v) is 6.59. The van der Waals surface area contributed by atoms with Crippen LogP contribution in [0.15, 0.2) is 48.5 Å². The molecule has 0 aliphatic rings. The summed E-state index contributed by atoms with van der Waals surface area (Å²) in [6.07, 6.45) is 0. The first-order chi connectivity index (χ1) is 14.5. The van der Waals surface area contributed by atoms with E-state index < -0.39 is 0 Å². The third kappa shape index (κ3) is 4.23. The number of methoxy groups -OCH3 is 2. The maximum absolute atomic E-state index is 12.6. The van der Waals surface area contributed by atoms with Crippen molar-refractivity contribution >= 4 is 11.7 Å². The van der Waals surface area contributed by atoms with Crippen LogP contribution in [-0.2, 0) is 4.79 Å². The minimum Gasteiger partial charge on any atom is -0.497 e. The van der Waals surface area contributed by atoms with Crippen LogP contribution in [0.1, 0.15) is 16.8 Å². The molecule has 0 radical (unpaired) electrons. The highest BCUT2D eigenvalue weighted by atomic mass is 16.5. The number of nitrogens with one attached hydrogen (secondary N) is 1. The van der Waals surface area contributed by atoms with Gasteiger partial charge in [-0.15, -0.1) is 0 Å². The number of nitrogens with zero attached hydrogens (tertiary/aromatic N) is 2. The molecular formula is C23H23N3O4. The van der Waals surface area contributed by atoms with Crippen molar-refractivity contribution in [2.24, 2.45) is 0 Å². The number of ether oxygens (including phenoxy) is 3. The topological polar surface area (TPSA) is 85.5 Å². The molecule has 30 heavy (non-hydrogen) atoms. The molecule has 7 heteroatoms. The molecule has 3 aromatic rings. The van der Waals surface area contributed by atoms with Crippen LogP contribution >= 0.6 is 0 Å². The molecular weight excluding hydrogens is 382 g/mol. The smallest absolute Gasteiger partial charge is 0.263 e. The van der Waals surface area contributed by atoms with Crippen LogP contribution < -0.4 is 19.5 Å². The molecule has 0 aliphatic heterocycles. The van der Waals surface area contributed by atoms with Gasteiger partial charge in [-0.3, -0.25) is 9.36 Å². The lowest BCUT2D eigenvalue weighted by atomic mass is 10.2. The molecule has 3 rings (SSSR count). The Morgan fingerprint density at radius 1 is 0.967 bits per heavy atom. The van der Waals surface area contributed by atoms with E-state index in [1.54, 1.807) is 38.5 Å². The number of hydrogen-bond donors (Lipinski definition) is 1. The maximum Gasteiger partial charge on any atom is 0.263 e. The van der Waals surface area contributed by atoms with Gasteiger partial charge in [0.05, 0.1) is 19.8 Å².